The van der Waals surface area contributed by atoms with E-state index in [0.29, 0.717) is 36.4 Å². The predicted octanol–water partition coefficient (Wildman–Crippen LogP) is 3.20. The fourth-order valence-electron chi connectivity index (χ4n) is 3.63. The molecule has 1 saturated carbocycles. The summed E-state index contributed by atoms with van der Waals surface area (Å²) in [4.78, 5) is 13.0. The normalized spacial score (nSPS) is 20.4. The van der Waals surface area contributed by atoms with Crippen LogP contribution in [0.25, 0.3) is 11.6 Å². The van der Waals surface area contributed by atoms with E-state index >= 15 is 0 Å². The highest BCUT2D eigenvalue weighted by molar-refractivity contribution is 5.79. The molecule has 1 aliphatic rings. The lowest BCUT2D eigenvalue weighted by atomic mass is 9.83. The van der Waals surface area contributed by atoms with Gasteiger partial charge in [-0.2, -0.15) is 4.98 Å². The van der Waals surface area contributed by atoms with Crippen LogP contribution in [0.5, 0.6) is 0 Å². The van der Waals surface area contributed by atoms with Crippen molar-refractivity contribution < 1.29 is 4.52 Å². The van der Waals surface area contributed by atoms with Crippen LogP contribution in [0.15, 0.2) is 33.9 Å². The van der Waals surface area contributed by atoms with Gasteiger partial charge in [0.2, 0.25) is 0 Å². The number of aliphatic imine (C=N–C) groups is 1. The van der Waals surface area contributed by atoms with Crippen LogP contribution in [0.2, 0.25) is 0 Å². The lowest BCUT2D eigenvalue weighted by Crippen LogP contribution is -2.45. The standard InChI is InChI=1S/C20H30N6O/c1-3-6-15-8-10-16(11-9-15)24-20(21-2)23-14-12-18-25-19(27-26-18)17-7-4-5-13-22-17/h4-5,7,13,15-16H,3,6,8-12,14H2,1-2H3,(H2,21,23,24). The Morgan fingerprint density at radius 1 is 1.26 bits per heavy atom. The second-order valence-electron chi connectivity index (χ2n) is 7.13. The molecule has 1 aliphatic carbocycles. The molecule has 0 spiro atoms. The van der Waals surface area contributed by atoms with E-state index in [9.17, 15) is 0 Å². The molecule has 146 valence electrons. The third kappa shape index (κ3) is 5.77. The van der Waals surface area contributed by atoms with Gasteiger partial charge in [0.1, 0.15) is 5.69 Å². The van der Waals surface area contributed by atoms with Gasteiger partial charge >= 0.3 is 0 Å². The molecular weight excluding hydrogens is 340 g/mol. The molecule has 0 saturated heterocycles. The Morgan fingerprint density at radius 3 is 2.81 bits per heavy atom. The highest BCUT2D eigenvalue weighted by Gasteiger charge is 2.21. The molecule has 27 heavy (non-hydrogen) atoms. The monoisotopic (exact) mass is 370 g/mol. The first-order chi connectivity index (χ1) is 13.3. The van der Waals surface area contributed by atoms with Crippen LogP contribution in [0.1, 0.15) is 51.3 Å². The Bertz CT molecular complexity index is 706. The summed E-state index contributed by atoms with van der Waals surface area (Å²) in [5.41, 5.74) is 0.695. The first kappa shape index (κ1) is 19.3. The highest BCUT2D eigenvalue weighted by atomic mass is 16.5. The molecule has 0 aromatic carbocycles. The first-order valence-corrected chi connectivity index (χ1v) is 9.99. The maximum Gasteiger partial charge on any atom is 0.276 e. The molecule has 2 aromatic heterocycles. The number of guanidine groups is 1. The molecule has 2 heterocycles. The van der Waals surface area contributed by atoms with Crippen LogP contribution in [-0.2, 0) is 6.42 Å². The molecule has 2 N–H and O–H groups in total. The number of aromatic nitrogens is 3. The summed E-state index contributed by atoms with van der Waals surface area (Å²) in [5, 5.41) is 10.9. The van der Waals surface area contributed by atoms with Crippen molar-refractivity contribution in [1.82, 2.24) is 25.8 Å². The number of nitrogens with zero attached hydrogens (tertiary/aromatic N) is 4. The van der Waals surface area contributed by atoms with Gasteiger partial charge in [-0.3, -0.25) is 9.98 Å². The quantitative estimate of drug-likeness (QED) is 0.575. The van der Waals surface area contributed by atoms with Gasteiger partial charge in [-0.05, 0) is 43.7 Å². The van der Waals surface area contributed by atoms with Gasteiger partial charge in [0.15, 0.2) is 11.8 Å². The van der Waals surface area contributed by atoms with Gasteiger partial charge in [-0.1, -0.05) is 31.0 Å². The van der Waals surface area contributed by atoms with E-state index in [-0.39, 0.29) is 0 Å². The Kier molecular flexibility index (Phi) is 7.19. The highest BCUT2D eigenvalue weighted by Crippen LogP contribution is 2.27. The summed E-state index contributed by atoms with van der Waals surface area (Å²) in [6.45, 7) is 2.98. The van der Waals surface area contributed by atoms with E-state index < -0.39 is 0 Å². The van der Waals surface area contributed by atoms with E-state index in [1.54, 1.807) is 6.20 Å². The molecule has 0 unspecified atom stereocenters. The second kappa shape index (κ2) is 10.0. The maximum absolute atomic E-state index is 5.29. The fourth-order valence-corrected chi connectivity index (χ4v) is 3.63. The number of pyridine rings is 1. The van der Waals surface area contributed by atoms with Crippen molar-refractivity contribution in [2.75, 3.05) is 13.6 Å². The predicted molar refractivity (Wildman–Crippen MR) is 106 cm³/mol. The van der Waals surface area contributed by atoms with E-state index in [2.05, 4.69) is 37.7 Å². The van der Waals surface area contributed by atoms with Crippen LogP contribution in [0.4, 0.5) is 0 Å². The molecule has 0 bridgehead atoms. The minimum absolute atomic E-state index is 0.456. The molecule has 0 amide bonds. The van der Waals surface area contributed by atoms with Crippen molar-refractivity contribution in [2.45, 2.75) is 57.9 Å². The zero-order valence-electron chi connectivity index (χ0n) is 16.3. The van der Waals surface area contributed by atoms with Gasteiger partial charge in [0.25, 0.3) is 5.89 Å². The average Bonchev–Trinajstić information content (AvgIpc) is 3.18. The smallest absolute Gasteiger partial charge is 0.276 e. The van der Waals surface area contributed by atoms with Crippen molar-refractivity contribution in [1.29, 1.82) is 0 Å². The summed E-state index contributed by atoms with van der Waals surface area (Å²) < 4.78 is 5.29. The van der Waals surface area contributed by atoms with Gasteiger partial charge in [0.05, 0.1) is 0 Å². The Hall–Kier alpha value is -2.44. The second-order valence-corrected chi connectivity index (χ2v) is 7.13. The third-order valence-electron chi connectivity index (χ3n) is 5.10. The maximum atomic E-state index is 5.29. The molecule has 0 radical (unpaired) electrons. The van der Waals surface area contributed by atoms with Crippen LogP contribution in [0, 0.1) is 5.92 Å². The van der Waals surface area contributed by atoms with Crippen molar-refractivity contribution in [2.24, 2.45) is 10.9 Å². The lowest BCUT2D eigenvalue weighted by molar-refractivity contribution is 0.295. The third-order valence-corrected chi connectivity index (χ3v) is 5.10. The van der Waals surface area contributed by atoms with Crippen molar-refractivity contribution in [3.8, 4) is 11.6 Å². The molecule has 3 rings (SSSR count). The zero-order valence-corrected chi connectivity index (χ0v) is 16.3. The first-order valence-electron chi connectivity index (χ1n) is 9.99. The minimum atomic E-state index is 0.456. The van der Waals surface area contributed by atoms with Crippen molar-refractivity contribution >= 4 is 5.96 Å². The summed E-state index contributed by atoms with van der Waals surface area (Å²) in [5.74, 6) is 2.88. The summed E-state index contributed by atoms with van der Waals surface area (Å²) >= 11 is 0. The van der Waals surface area contributed by atoms with Crippen LogP contribution >= 0.6 is 0 Å². The van der Waals surface area contributed by atoms with Gasteiger partial charge in [0, 0.05) is 32.3 Å². The number of nitrogens with one attached hydrogen (secondary N) is 2. The van der Waals surface area contributed by atoms with Crippen molar-refractivity contribution in [3.05, 3.63) is 30.2 Å². The average molecular weight is 371 g/mol. The summed E-state index contributed by atoms with van der Waals surface area (Å²) in [6.07, 6.45) is 10.1. The SMILES string of the molecule is CCCC1CCC(NC(=NC)NCCc2noc(-c3ccccn3)n2)CC1. The molecule has 2 aromatic rings. The number of rotatable bonds is 7. The van der Waals surface area contributed by atoms with E-state index in [1.165, 1.54) is 38.5 Å². The van der Waals surface area contributed by atoms with E-state index in [0.717, 1.165) is 11.9 Å². The van der Waals surface area contributed by atoms with Gasteiger partial charge in [-0.15, -0.1) is 0 Å². The van der Waals surface area contributed by atoms with E-state index in [4.69, 9.17) is 4.52 Å². The molecule has 0 atom stereocenters. The lowest BCUT2D eigenvalue weighted by Gasteiger charge is -2.30. The number of hydrogen-bond acceptors (Lipinski definition) is 5. The van der Waals surface area contributed by atoms with Gasteiger partial charge < -0.3 is 15.2 Å². The molecular formula is C20H30N6O. The molecule has 7 heteroatoms. The van der Waals surface area contributed by atoms with Gasteiger partial charge in [-0.25, -0.2) is 0 Å². The zero-order chi connectivity index (χ0) is 18.9. The minimum Gasteiger partial charge on any atom is -0.356 e. The van der Waals surface area contributed by atoms with Crippen LogP contribution in [-0.4, -0.2) is 40.7 Å². The van der Waals surface area contributed by atoms with Crippen LogP contribution in [0.3, 0.4) is 0 Å². The topological polar surface area (TPSA) is 88.2 Å². The van der Waals surface area contributed by atoms with E-state index in [1.807, 2.05) is 25.2 Å². The number of hydrogen-bond donors (Lipinski definition) is 2. The summed E-state index contributed by atoms with van der Waals surface area (Å²) in [7, 11) is 1.81. The summed E-state index contributed by atoms with van der Waals surface area (Å²) in [6, 6.07) is 6.14. The largest absolute Gasteiger partial charge is 0.356 e. The molecule has 1 fully saturated rings. The Balaban J connectivity index is 1.41. The Morgan fingerprint density at radius 2 is 2.11 bits per heavy atom. The molecule has 0 aliphatic heterocycles. The fraction of sp³-hybridized carbons (Fsp3) is 0.600. The van der Waals surface area contributed by atoms with Crippen LogP contribution < -0.4 is 10.6 Å². The van der Waals surface area contributed by atoms with Crippen molar-refractivity contribution in [3.63, 3.8) is 0 Å². The Labute approximate surface area is 161 Å². The molecule has 7 nitrogen and oxygen atoms in total.